The SMILES string of the molecule is Cc1cc(C)c(C(C)C)cc1C1=NNC(=O)CN1c1ccc2c(ccn2C)c1. The first kappa shape index (κ1) is 18.3. The second-order valence-corrected chi connectivity index (χ2v) is 7.90. The third-order valence-corrected chi connectivity index (χ3v) is 5.50. The van der Waals surface area contributed by atoms with Crippen LogP contribution in [0.2, 0.25) is 0 Å². The summed E-state index contributed by atoms with van der Waals surface area (Å²) >= 11 is 0. The number of amides is 1. The Morgan fingerprint density at radius 2 is 1.86 bits per heavy atom. The van der Waals surface area contributed by atoms with Gasteiger partial charge in [0, 0.05) is 35.4 Å². The van der Waals surface area contributed by atoms with E-state index in [2.05, 4.69) is 79.2 Å². The summed E-state index contributed by atoms with van der Waals surface area (Å²) in [6, 6.07) is 12.8. The van der Waals surface area contributed by atoms with Gasteiger partial charge in [-0.15, -0.1) is 0 Å². The molecule has 1 aromatic heterocycles. The summed E-state index contributed by atoms with van der Waals surface area (Å²) in [5.41, 5.74) is 9.60. The molecule has 2 aromatic carbocycles. The van der Waals surface area contributed by atoms with E-state index in [-0.39, 0.29) is 12.5 Å². The first-order chi connectivity index (χ1) is 13.3. The lowest BCUT2D eigenvalue weighted by atomic mass is 9.92. The van der Waals surface area contributed by atoms with Crippen LogP contribution < -0.4 is 10.3 Å². The maximum absolute atomic E-state index is 12.1. The number of hydrazone groups is 1. The van der Waals surface area contributed by atoms with Crippen LogP contribution in [-0.2, 0) is 11.8 Å². The van der Waals surface area contributed by atoms with Gasteiger partial charge in [-0.3, -0.25) is 4.79 Å². The van der Waals surface area contributed by atoms with Crippen LogP contribution in [0.5, 0.6) is 0 Å². The Kier molecular flexibility index (Phi) is 4.46. The zero-order valence-electron chi connectivity index (χ0n) is 17.1. The van der Waals surface area contributed by atoms with Crippen molar-refractivity contribution in [1.82, 2.24) is 9.99 Å². The van der Waals surface area contributed by atoms with Gasteiger partial charge >= 0.3 is 0 Å². The fourth-order valence-corrected chi connectivity index (χ4v) is 4.02. The highest BCUT2D eigenvalue weighted by molar-refractivity contribution is 6.15. The van der Waals surface area contributed by atoms with Crippen LogP contribution >= 0.6 is 0 Å². The second kappa shape index (κ2) is 6.82. The lowest BCUT2D eigenvalue weighted by Gasteiger charge is -2.30. The number of carbonyl (C=O) groups is 1. The number of fused-ring (bicyclic) bond motifs is 1. The van der Waals surface area contributed by atoms with Crippen molar-refractivity contribution < 1.29 is 4.79 Å². The van der Waals surface area contributed by atoms with Gasteiger partial charge in [-0.25, -0.2) is 5.43 Å². The Morgan fingerprint density at radius 1 is 1.07 bits per heavy atom. The van der Waals surface area contributed by atoms with E-state index < -0.39 is 0 Å². The molecule has 1 N–H and O–H groups in total. The maximum atomic E-state index is 12.1. The third-order valence-electron chi connectivity index (χ3n) is 5.50. The highest BCUT2D eigenvalue weighted by atomic mass is 16.2. The number of nitrogens with zero attached hydrogens (tertiary/aromatic N) is 3. The number of hydrogen-bond donors (Lipinski definition) is 1. The predicted octanol–water partition coefficient (Wildman–Crippen LogP) is 4.22. The van der Waals surface area contributed by atoms with Crippen LogP contribution in [0.3, 0.4) is 0 Å². The van der Waals surface area contributed by atoms with Crippen molar-refractivity contribution in [2.45, 2.75) is 33.6 Å². The van der Waals surface area contributed by atoms with Crippen LogP contribution in [0.25, 0.3) is 10.9 Å². The van der Waals surface area contributed by atoms with Crippen LogP contribution in [0.1, 0.15) is 42.0 Å². The van der Waals surface area contributed by atoms with E-state index in [0.29, 0.717) is 5.92 Å². The van der Waals surface area contributed by atoms with Crippen LogP contribution in [0.15, 0.2) is 47.7 Å². The molecule has 28 heavy (non-hydrogen) atoms. The molecule has 0 fully saturated rings. The minimum atomic E-state index is -0.106. The second-order valence-electron chi connectivity index (χ2n) is 7.90. The van der Waals surface area contributed by atoms with Gasteiger partial charge in [0.15, 0.2) is 5.84 Å². The summed E-state index contributed by atoms with van der Waals surface area (Å²) in [6.07, 6.45) is 2.05. The molecule has 0 radical (unpaired) electrons. The molecule has 0 unspecified atom stereocenters. The Bertz CT molecular complexity index is 1110. The molecule has 4 rings (SSSR count). The van der Waals surface area contributed by atoms with Crippen molar-refractivity contribution in [3.05, 3.63) is 64.8 Å². The van der Waals surface area contributed by atoms with E-state index in [9.17, 15) is 4.79 Å². The molecule has 1 amide bonds. The number of rotatable bonds is 3. The highest BCUT2D eigenvalue weighted by Crippen LogP contribution is 2.28. The lowest BCUT2D eigenvalue weighted by molar-refractivity contribution is -0.119. The summed E-state index contributed by atoms with van der Waals surface area (Å²) < 4.78 is 2.09. The van der Waals surface area contributed by atoms with Crippen molar-refractivity contribution in [3.63, 3.8) is 0 Å². The van der Waals surface area contributed by atoms with Crippen molar-refractivity contribution in [1.29, 1.82) is 0 Å². The van der Waals surface area contributed by atoms with E-state index in [1.807, 2.05) is 18.1 Å². The third kappa shape index (κ3) is 3.07. The number of carbonyl (C=O) groups excluding carboxylic acids is 1. The largest absolute Gasteiger partial charge is 0.351 e. The van der Waals surface area contributed by atoms with Crippen molar-refractivity contribution in [3.8, 4) is 0 Å². The number of hydrogen-bond acceptors (Lipinski definition) is 3. The lowest BCUT2D eigenvalue weighted by Crippen LogP contribution is -2.46. The Balaban J connectivity index is 1.84. The standard InChI is InChI=1S/C23H26N4O/c1-14(2)19-12-20(16(4)10-15(19)3)23-25-24-22(28)13-27(23)18-6-7-21-17(11-18)8-9-26(21)5/h6-12,14H,13H2,1-5H3,(H,24,28). The zero-order valence-corrected chi connectivity index (χ0v) is 17.1. The van der Waals surface area contributed by atoms with E-state index in [4.69, 9.17) is 0 Å². The molecule has 5 heteroatoms. The summed E-state index contributed by atoms with van der Waals surface area (Å²) in [7, 11) is 2.03. The average Bonchev–Trinajstić information content (AvgIpc) is 3.02. The molecule has 0 atom stereocenters. The van der Waals surface area contributed by atoms with Gasteiger partial charge in [-0.1, -0.05) is 19.9 Å². The minimum absolute atomic E-state index is 0.106. The van der Waals surface area contributed by atoms with Gasteiger partial charge in [0.25, 0.3) is 5.91 Å². The van der Waals surface area contributed by atoms with Crippen molar-refractivity contribution in [2.24, 2.45) is 12.1 Å². The Morgan fingerprint density at radius 3 is 2.61 bits per heavy atom. The first-order valence-corrected chi connectivity index (χ1v) is 9.66. The Labute approximate surface area is 165 Å². The fourth-order valence-electron chi connectivity index (χ4n) is 4.02. The number of aromatic nitrogens is 1. The predicted molar refractivity (Wildman–Crippen MR) is 115 cm³/mol. The molecule has 5 nitrogen and oxygen atoms in total. The smallest absolute Gasteiger partial charge is 0.260 e. The molecule has 0 saturated heterocycles. The van der Waals surface area contributed by atoms with E-state index in [1.165, 1.54) is 11.1 Å². The van der Waals surface area contributed by atoms with E-state index in [1.54, 1.807) is 0 Å². The Hall–Kier alpha value is -3.08. The molecule has 0 bridgehead atoms. The van der Waals surface area contributed by atoms with Gasteiger partial charge < -0.3 is 9.47 Å². The molecular formula is C23H26N4O. The van der Waals surface area contributed by atoms with E-state index >= 15 is 0 Å². The van der Waals surface area contributed by atoms with Crippen LogP contribution in [-0.4, -0.2) is 22.9 Å². The number of nitrogens with one attached hydrogen (secondary N) is 1. The summed E-state index contributed by atoms with van der Waals surface area (Å²) in [6.45, 7) is 8.91. The number of aryl methyl sites for hydroxylation is 3. The molecule has 3 aromatic rings. The summed E-state index contributed by atoms with van der Waals surface area (Å²) in [5, 5.41) is 5.60. The average molecular weight is 374 g/mol. The molecule has 1 aliphatic heterocycles. The quantitative estimate of drug-likeness (QED) is 0.746. The molecular weight excluding hydrogens is 348 g/mol. The first-order valence-electron chi connectivity index (χ1n) is 9.66. The highest BCUT2D eigenvalue weighted by Gasteiger charge is 2.25. The van der Waals surface area contributed by atoms with Gasteiger partial charge in [0.2, 0.25) is 0 Å². The molecule has 1 aliphatic rings. The zero-order chi connectivity index (χ0) is 20.0. The minimum Gasteiger partial charge on any atom is -0.351 e. The van der Waals surface area contributed by atoms with Crippen molar-refractivity contribution in [2.75, 3.05) is 11.4 Å². The molecule has 0 spiro atoms. The monoisotopic (exact) mass is 374 g/mol. The van der Waals surface area contributed by atoms with Crippen LogP contribution in [0.4, 0.5) is 5.69 Å². The van der Waals surface area contributed by atoms with Gasteiger partial charge in [-0.2, -0.15) is 5.10 Å². The molecule has 2 heterocycles. The van der Waals surface area contributed by atoms with Crippen molar-refractivity contribution >= 4 is 28.3 Å². The molecule has 0 aliphatic carbocycles. The number of amidine groups is 1. The fraction of sp³-hybridized carbons (Fsp3) is 0.304. The van der Waals surface area contributed by atoms with Gasteiger partial charge in [0.1, 0.15) is 6.54 Å². The van der Waals surface area contributed by atoms with Gasteiger partial charge in [0.05, 0.1) is 0 Å². The normalized spacial score (nSPS) is 14.6. The number of benzene rings is 2. The van der Waals surface area contributed by atoms with Crippen LogP contribution in [0, 0.1) is 13.8 Å². The summed E-state index contributed by atoms with van der Waals surface area (Å²) in [5.74, 6) is 1.10. The number of anilines is 1. The topological polar surface area (TPSA) is 49.6 Å². The molecule has 144 valence electrons. The summed E-state index contributed by atoms with van der Waals surface area (Å²) in [4.78, 5) is 14.1. The van der Waals surface area contributed by atoms with Gasteiger partial charge in [-0.05, 0) is 66.8 Å². The van der Waals surface area contributed by atoms with E-state index in [0.717, 1.165) is 33.6 Å². The maximum Gasteiger partial charge on any atom is 0.260 e. The molecule has 0 saturated carbocycles.